The number of esters is 1. The molecule has 3 N–H and O–H groups in total. The van der Waals surface area contributed by atoms with E-state index < -0.39 is 5.97 Å². The third kappa shape index (κ3) is 4.18. The second-order valence-corrected chi connectivity index (χ2v) is 7.52. The number of benzene rings is 2. The van der Waals surface area contributed by atoms with Gasteiger partial charge in [0.25, 0.3) is 0 Å². The van der Waals surface area contributed by atoms with Crippen molar-refractivity contribution in [2.75, 3.05) is 26.9 Å². The summed E-state index contributed by atoms with van der Waals surface area (Å²) in [6.45, 7) is 0.550. The molecule has 0 amide bonds. The molecule has 0 radical (unpaired) electrons. The number of ether oxygens (including phenoxy) is 1. The molecule has 0 aliphatic heterocycles. The normalized spacial score (nSPS) is 10.8. The van der Waals surface area contributed by atoms with Crippen LogP contribution in [0.15, 0.2) is 36.4 Å². The van der Waals surface area contributed by atoms with Crippen molar-refractivity contribution < 1.29 is 14.6 Å². The van der Waals surface area contributed by atoms with Crippen molar-refractivity contribution in [3.8, 4) is 5.75 Å². The monoisotopic (exact) mass is 406 g/mol. The van der Waals surface area contributed by atoms with Gasteiger partial charge in [-0.05, 0) is 37.7 Å². The number of nitrogens with two attached hydrogens (primary N) is 1. The molecule has 7 heteroatoms. The van der Waals surface area contributed by atoms with Gasteiger partial charge in [0.05, 0.1) is 7.11 Å². The maximum absolute atomic E-state index is 12.4. The molecule has 0 unspecified atom stereocenters. The Morgan fingerprint density at radius 3 is 2.52 bits per heavy atom. The number of halogens is 1. The Balaban J connectivity index is 0.00000261. The number of carbonyl (C=O) groups excluding carboxylic acids is 1. The van der Waals surface area contributed by atoms with Crippen LogP contribution >= 0.6 is 23.7 Å². The Bertz CT molecular complexity index is 955. The maximum Gasteiger partial charge on any atom is 0.341 e. The van der Waals surface area contributed by atoms with Gasteiger partial charge in [-0.2, -0.15) is 0 Å². The van der Waals surface area contributed by atoms with E-state index in [0.29, 0.717) is 23.5 Å². The van der Waals surface area contributed by atoms with E-state index in [1.54, 1.807) is 6.07 Å². The standard InChI is InChI=1S/C20H22N2O3S.ClH/c1-22(2)11-14-15(23)10-13(9-12-7-5-4-6-8-12)16-17(20(24)25-3)19(21)26-18(14)16;/h4-8,10,23H,9,11,21H2,1-3H3;1H. The number of aromatic hydroxyl groups is 1. The van der Waals surface area contributed by atoms with Crippen LogP contribution in [-0.4, -0.2) is 37.2 Å². The Morgan fingerprint density at radius 2 is 1.93 bits per heavy atom. The minimum Gasteiger partial charge on any atom is -0.508 e. The predicted molar refractivity (Wildman–Crippen MR) is 113 cm³/mol. The van der Waals surface area contributed by atoms with E-state index in [1.807, 2.05) is 49.3 Å². The summed E-state index contributed by atoms with van der Waals surface area (Å²) in [5, 5.41) is 11.8. The number of nitrogens with zero attached hydrogens (tertiary/aromatic N) is 1. The average Bonchev–Trinajstić information content (AvgIpc) is 2.95. The quantitative estimate of drug-likeness (QED) is 0.625. The smallest absolute Gasteiger partial charge is 0.341 e. The molecule has 3 rings (SSSR count). The van der Waals surface area contributed by atoms with Crippen LogP contribution in [0.1, 0.15) is 27.0 Å². The number of phenolic OH excluding ortho intramolecular Hbond substituents is 1. The lowest BCUT2D eigenvalue weighted by atomic mass is 9.96. The van der Waals surface area contributed by atoms with Gasteiger partial charge in [-0.1, -0.05) is 30.3 Å². The van der Waals surface area contributed by atoms with Gasteiger partial charge in [0.15, 0.2) is 0 Å². The molecule has 27 heavy (non-hydrogen) atoms. The number of rotatable bonds is 5. The van der Waals surface area contributed by atoms with Crippen LogP contribution in [0.2, 0.25) is 0 Å². The molecule has 5 nitrogen and oxygen atoms in total. The minimum absolute atomic E-state index is 0. The number of thiophene rings is 1. The molecule has 0 aliphatic carbocycles. The van der Waals surface area contributed by atoms with Gasteiger partial charge in [-0.15, -0.1) is 23.7 Å². The second kappa shape index (κ2) is 8.61. The van der Waals surface area contributed by atoms with Crippen LogP contribution in [0.4, 0.5) is 5.00 Å². The highest BCUT2D eigenvalue weighted by atomic mass is 35.5. The third-order valence-corrected chi connectivity index (χ3v) is 5.33. The summed E-state index contributed by atoms with van der Waals surface area (Å²) in [5.74, 6) is -0.237. The Labute approximate surface area is 168 Å². The molecule has 0 bridgehead atoms. The van der Waals surface area contributed by atoms with Gasteiger partial charge in [0.1, 0.15) is 16.3 Å². The number of anilines is 1. The van der Waals surface area contributed by atoms with E-state index in [9.17, 15) is 9.90 Å². The fraction of sp³-hybridized carbons (Fsp3) is 0.250. The first-order chi connectivity index (χ1) is 12.4. The zero-order chi connectivity index (χ0) is 18.8. The number of methoxy groups -OCH3 is 1. The highest BCUT2D eigenvalue weighted by Gasteiger charge is 2.24. The molecule has 1 heterocycles. The molecule has 0 saturated carbocycles. The lowest BCUT2D eigenvalue weighted by Crippen LogP contribution is -2.11. The number of hydrogen-bond donors (Lipinski definition) is 2. The first kappa shape index (κ1) is 21.0. The van der Waals surface area contributed by atoms with Crippen LogP contribution < -0.4 is 5.73 Å². The van der Waals surface area contributed by atoms with Gasteiger partial charge in [-0.3, -0.25) is 0 Å². The topological polar surface area (TPSA) is 75.8 Å². The fourth-order valence-electron chi connectivity index (χ4n) is 3.14. The summed E-state index contributed by atoms with van der Waals surface area (Å²) in [7, 11) is 5.21. The van der Waals surface area contributed by atoms with E-state index in [2.05, 4.69) is 0 Å². The summed E-state index contributed by atoms with van der Waals surface area (Å²) in [6, 6.07) is 11.7. The van der Waals surface area contributed by atoms with Crippen LogP contribution in [-0.2, 0) is 17.7 Å². The Hall–Kier alpha value is -2.28. The van der Waals surface area contributed by atoms with Crippen molar-refractivity contribution in [3.63, 3.8) is 0 Å². The van der Waals surface area contributed by atoms with E-state index in [1.165, 1.54) is 18.4 Å². The molecule has 0 fully saturated rings. The number of phenols is 1. The number of hydrogen-bond acceptors (Lipinski definition) is 6. The molecule has 0 aliphatic rings. The van der Waals surface area contributed by atoms with E-state index in [4.69, 9.17) is 10.5 Å². The van der Waals surface area contributed by atoms with Crippen LogP contribution in [0.5, 0.6) is 5.75 Å². The van der Waals surface area contributed by atoms with Crippen molar-refractivity contribution in [2.24, 2.45) is 0 Å². The number of carbonyl (C=O) groups is 1. The molecule has 0 atom stereocenters. The average molecular weight is 407 g/mol. The highest BCUT2D eigenvalue weighted by molar-refractivity contribution is 7.23. The van der Waals surface area contributed by atoms with E-state index in [0.717, 1.165) is 26.8 Å². The Morgan fingerprint density at radius 1 is 1.26 bits per heavy atom. The molecule has 0 saturated heterocycles. The van der Waals surface area contributed by atoms with Crippen molar-refractivity contribution in [1.82, 2.24) is 4.90 Å². The van der Waals surface area contributed by atoms with Crippen molar-refractivity contribution in [1.29, 1.82) is 0 Å². The zero-order valence-electron chi connectivity index (χ0n) is 15.5. The first-order valence-corrected chi connectivity index (χ1v) is 9.06. The zero-order valence-corrected chi connectivity index (χ0v) is 17.1. The van der Waals surface area contributed by atoms with Crippen LogP contribution in [0, 0.1) is 0 Å². The van der Waals surface area contributed by atoms with Gasteiger partial charge in [0.2, 0.25) is 0 Å². The van der Waals surface area contributed by atoms with Gasteiger partial charge in [-0.25, -0.2) is 4.79 Å². The lowest BCUT2D eigenvalue weighted by molar-refractivity contribution is 0.0604. The largest absolute Gasteiger partial charge is 0.508 e. The van der Waals surface area contributed by atoms with E-state index in [-0.39, 0.29) is 18.2 Å². The Kier molecular flexibility index (Phi) is 6.70. The molecular weight excluding hydrogens is 384 g/mol. The molecule has 3 aromatic rings. The maximum atomic E-state index is 12.4. The predicted octanol–water partition coefficient (Wildman–Crippen LogP) is 4.05. The first-order valence-electron chi connectivity index (χ1n) is 8.25. The number of fused-ring (bicyclic) bond motifs is 1. The highest BCUT2D eigenvalue weighted by Crippen LogP contribution is 2.42. The lowest BCUT2D eigenvalue weighted by Gasteiger charge is -2.15. The fourth-order valence-corrected chi connectivity index (χ4v) is 4.27. The van der Waals surface area contributed by atoms with Crippen molar-refractivity contribution in [2.45, 2.75) is 13.0 Å². The second-order valence-electron chi connectivity index (χ2n) is 6.47. The molecule has 1 aromatic heterocycles. The molecule has 144 valence electrons. The third-order valence-electron chi connectivity index (χ3n) is 4.25. The minimum atomic E-state index is -0.454. The SMILES string of the molecule is COC(=O)c1c(N)sc2c(CN(C)C)c(O)cc(Cc3ccccc3)c12.Cl. The van der Waals surface area contributed by atoms with Crippen LogP contribution in [0.3, 0.4) is 0 Å². The van der Waals surface area contributed by atoms with Gasteiger partial charge >= 0.3 is 5.97 Å². The van der Waals surface area contributed by atoms with Gasteiger partial charge < -0.3 is 20.5 Å². The summed E-state index contributed by atoms with van der Waals surface area (Å²) < 4.78 is 5.79. The molecular formula is C20H23ClN2O3S. The summed E-state index contributed by atoms with van der Waals surface area (Å²) >= 11 is 1.32. The van der Waals surface area contributed by atoms with Crippen molar-refractivity contribution in [3.05, 3.63) is 58.7 Å². The summed E-state index contributed by atoms with van der Waals surface area (Å²) in [6.07, 6.45) is 0.591. The summed E-state index contributed by atoms with van der Waals surface area (Å²) in [4.78, 5) is 14.3. The summed E-state index contributed by atoms with van der Waals surface area (Å²) in [5.41, 5.74) is 9.28. The molecule has 0 spiro atoms. The van der Waals surface area contributed by atoms with Crippen molar-refractivity contribution >= 4 is 44.8 Å². The molecule has 2 aromatic carbocycles. The van der Waals surface area contributed by atoms with Crippen LogP contribution in [0.25, 0.3) is 10.1 Å². The number of nitrogen functional groups attached to an aromatic ring is 1. The van der Waals surface area contributed by atoms with Gasteiger partial charge in [0, 0.05) is 22.2 Å². The van der Waals surface area contributed by atoms with E-state index >= 15 is 0 Å².